The Kier molecular flexibility index (Phi) is 4.45. The maximum absolute atomic E-state index is 12.5. The van der Waals surface area contributed by atoms with Gasteiger partial charge in [0.25, 0.3) is 5.91 Å². The van der Waals surface area contributed by atoms with Crippen LogP contribution in [-0.4, -0.2) is 44.5 Å². The van der Waals surface area contributed by atoms with Gasteiger partial charge in [-0.2, -0.15) is 0 Å². The summed E-state index contributed by atoms with van der Waals surface area (Å²) in [5.41, 5.74) is 0.295. The van der Waals surface area contributed by atoms with E-state index in [2.05, 4.69) is 10.3 Å². The summed E-state index contributed by atoms with van der Waals surface area (Å²) >= 11 is 1.27. The summed E-state index contributed by atoms with van der Waals surface area (Å²) in [5, 5.41) is 3.86. The van der Waals surface area contributed by atoms with Crippen LogP contribution in [0.2, 0.25) is 0 Å². The molecule has 7 nitrogen and oxygen atoms in total. The van der Waals surface area contributed by atoms with Crippen LogP contribution >= 0.6 is 11.3 Å². The molecular formula is C14H14N2O5S3. The number of amides is 1. The molecule has 1 N–H and O–H groups in total. The molecule has 10 heteroatoms. The van der Waals surface area contributed by atoms with E-state index in [4.69, 9.17) is 0 Å². The van der Waals surface area contributed by atoms with Crippen molar-refractivity contribution in [1.29, 1.82) is 0 Å². The van der Waals surface area contributed by atoms with Crippen molar-refractivity contribution in [2.45, 2.75) is 16.6 Å². The Bertz CT molecular complexity index is 948. The zero-order valence-electron chi connectivity index (χ0n) is 12.4. The molecular weight excluding hydrogens is 372 g/mol. The highest BCUT2D eigenvalue weighted by Gasteiger charge is 2.37. The maximum Gasteiger partial charge on any atom is 0.257 e. The Morgan fingerprint density at radius 1 is 1.25 bits per heavy atom. The second-order valence-corrected chi connectivity index (χ2v) is 10.7. The first-order chi connectivity index (χ1) is 11.3. The molecule has 128 valence electrons. The molecule has 1 atom stereocenters. The summed E-state index contributed by atoms with van der Waals surface area (Å²) in [5.74, 6) is -0.843. The number of anilines is 1. The van der Waals surface area contributed by atoms with E-state index in [1.54, 1.807) is 11.6 Å². The quantitative estimate of drug-likeness (QED) is 0.849. The summed E-state index contributed by atoms with van der Waals surface area (Å²) in [6, 6.07) is 5.46. The number of nitrogens with one attached hydrogen (secondary N) is 1. The van der Waals surface area contributed by atoms with Gasteiger partial charge in [-0.25, -0.2) is 21.8 Å². The van der Waals surface area contributed by atoms with Gasteiger partial charge in [-0.1, -0.05) is 0 Å². The number of benzene rings is 1. The van der Waals surface area contributed by atoms with Crippen LogP contribution in [0.4, 0.5) is 5.13 Å². The molecule has 1 aliphatic rings. The Morgan fingerprint density at radius 3 is 2.50 bits per heavy atom. The molecule has 1 saturated heterocycles. The van der Waals surface area contributed by atoms with Crippen LogP contribution in [0.15, 0.2) is 40.7 Å². The minimum absolute atomic E-state index is 0.0235. The van der Waals surface area contributed by atoms with E-state index in [0.29, 0.717) is 10.7 Å². The molecule has 0 aliphatic carbocycles. The summed E-state index contributed by atoms with van der Waals surface area (Å²) in [6.45, 7) is 0. The predicted octanol–water partition coefficient (Wildman–Crippen LogP) is 1.36. The Balaban J connectivity index is 1.78. The molecule has 2 aromatic rings. The number of sulfone groups is 2. The molecule has 24 heavy (non-hydrogen) atoms. The number of nitrogens with zero attached hydrogens (tertiary/aromatic N) is 1. The molecule has 2 heterocycles. The Morgan fingerprint density at radius 2 is 1.96 bits per heavy atom. The number of rotatable bonds is 4. The highest BCUT2D eigenvalue weighted by molar-refractivity contribution is 7.96. The van der Waals surface area contributed by atoms with Gasteiger partial charge in [-0.15, -0.1) is 11.3 Å². The van der Waals surface area contributed by atoms with Crippen LogP contribution in [0.1, 0.15) is 16.8 Å². The molecule has 0 saturated carbocycles. The molecule has 1 aromatic carbocycles. The standard InChI is InChI=1S/C14H14N2O5S3/c17-13(16-14-15-6-7-22-14)10-1-3-11(4-2-10)24(20,21)12-5-8-23(18,19)9-12/h1-4,6-7,12H,5,8-9H2,(H,15,16,17). The smallest absolute Gasteiger partial charge is 0.257 e. The lowest BCUT2D eigenvalue weighted by molar-refractivity contribution is 0.102. The third kappa shape index (κ3) is 3.50. The van der Waals surface area contributed by atoms with Crippen molar-refractivity contribution in [3.05, 3.63) is 41.4 Å². The first kappa shape index (κ1) is 17.1. The molecule has 1 amide bonds. The third-order valence-electron chi connectivity index (χ3n) is 3.73. The SMILES string of the molecule is O=C(Nc1nccs1)c1ccc(S(=O)(=O)C2CCS(=O)(=O)C2)cc1. The van der Waals surface area contributed by atoms with Gasteiger partial charge in [0.1, 0.15) is 0 Å². The van der Waals surface area contributed by atoms with Crippen molar-refractivity contribution < 1.29 is 21.6 Å². The van der Waals surface area contributed by atoms with E-state index in [1.165, 1.54) is 35.6 Å². The van der Waals surface area contributed by atoms with Gasteiger partial charge in [0.15, 0.2) is 24.8 Å². The van der Waals surface area contributed by atoms with Gasteiger partial charge < -0.3 is 0 Å². The van der Waals surface area contributed by atoms with Crippen molar-refractivity contribution in [3.8, 4) is 0 Å². The van der Waals surface area contributed by atoms with Crippen molar-refractivity contribution >= 4 is 42.1 Å². The summed E-state index contributed by atoms with van der Waals surface area (Å²) in [4.78, 5) is 16.0. The Labute approximate surface area is 143 Å². The lowest BCUT2D eigenvalue weighted by atomic mass is 10.2. The first-order valence-corrected chi connectivity index (χ1v) is 11.3. The fraction of sp³-hybridized carbons (Fsp3) is 0.286. The number of hydrogen-bond acceptors (Lipinski definition) is 7. The lowest BCUT2D eigenvalue weighted by Crippen LogP contribution is -2.22. The zero-order valence-corrected chi connectivity index (χ0v) is 14.8. The van der Waals surface area contributed by atoms with E-state index < -0.39 is 30.8 Å². The molecule has 0 bridgehead atoms. The number of thiazole rings is 1. The van der Waals surface area contributed by atoms with Gasteiger partial charge in [-0.05, 0) is 30.7 Å². The van der Waals surface area contributed by atoms with Crippen LogP contribution in [0, 0.1) is 0 Å². The van der Waals surface area contributed by atoms with E-state index in [-0.39, 0.29) is 22.8 Å². The van der Waals surface area contributed by atoms with Crippen LogP contribution in [0.25, 0.3) is 0 Å². The van der Waals surface area contributed by atoms with Crippen LogP contribution in [0.5, 0.6) is 0 Å². The first-order valence-electron chi connectivity index (χ1n) is 7.03. The van der Waals surface area contributed by atoms with Crippen LogP contribution in [0.3, 0.4) is 0 Å². The second kappa shape index (κ2) is 6.26. The molecule has 0 spiro atoms. The number of carbonyl (C=O) groups is 1. The van der Waals surface area contributed by atoms with Gasteiger partial charge in [0, 0.05) is 17.1 Å². The van der Waals surface area contributed by atoms with Gasteiger partial charge in [-0.3, -0.25) is 10.1 Å². The van der Waals surface area contributed by atoms with Crippen LogP contribution < -0.4 is 5.32 Å². The molecule has 1 aliphatic heterocycles. The largest absolute Gasteiger partial charge is 0.298 e. The van der Waals surface area contributed by atoms with Crippen molar-refractivity contribution in [2.75, 3.05) is 16.8 Å². The van der Waals surface area contributed by atoms with Crippen LogP contribution in [-0.2, 0) is 19.7 Å². The third-order valence-corrected chi connectivity index (χ3v) is 8.60. The number of carbonyl (C=O) groups excluding carboxylic acids is 1. The average Bonchev–Trinajstić information content (AvgIpc) is 3.17. The van der Waals surface area contributed by atoms with Gasteiger partial charge in [0.05, 0.1) is 21.7 Å². The minimum Gasteiger partial charge on any atom is -0.298 e. The fourth-order valence-corrected chi connectivity index (χ4v) is 7.33. The summed E-state index contributed by atoms with van der Waals surface area (Å²) in [6.07, 6.45) is 1.67. The second-order valence-electron chi connectivity index (χ2n) is 5.39. The fourth-order valence-electron chi connectivity index (χ4n) is 2.45. The van der Waals surface area contributed by atoms with Crippen molar-refractivity contribution in [1.82, 2.24) is 4.98 Å². The normalized spacial score (nSPS) is 19.9. The number of aromatic nitrogens is 1. The number of hydrogen-bond donors (Lipinski definition) is 1. The van der Waals surface area contributed by atoms with Gasteiger partial charge >= 0.3 is 0 Å². The van der Waals surface area contributed by atoms with E-state index >= 15 is 0 Å². The van der Waals surface area contributed by atoms with Crippen molar-refractivity contribution in [2.24, 2.45) is 0 Å². The molecule has 1 aromatic heterocycles. The highest BCUT2D eigenvalue weighted by Crippen LogP contribution is 2.25. The summed E-state index contributed by atoms with van der Waals surface area (Å²) in [7, 11) is -7.01. The maximum atomic E-state index is 12.5. The molecule has 0 radical (unpaired) electrons. The zero-order chi connectivity index (χ0) is 17.4. The van der Waals surface area contributed by atoms with E-state index in [1.807, 2.05) is 0 Å². The molecule has 1 unspecified atom stereocenters. The van der Waals surface area contributed by atoms with Crippen molar-refractivity contribution in [3.63, 3.8) is 0 Å². The van der Waals surface area contributed by atoms with Gasteiger partial charge in [0.2, 0.25) is 0 Å². The molecule has 1 fully saturated rings. The Hall–Kier alpha value is -1.78. The molecule has 3 rings (SSSR count). The predicted molar refractivity (Wildman–Crippen MR) is 90.8 cm³/mol. The summed E-state index contributed by atoms with van der Waals surface area (Å²) < 4.78 is 48.0. The highest BCUT2D eigenvalue weighted by atomic mass is 32.2. The van der Waals surface area contributed by atoms with E-state index in [9.17, 15) is 21.6 Å². The minimum atomic E-state index is -3.72. The monoisotopic (exact) mass is 386 g/mol. The lowest BCUT2D eigenvalue weighted by Gasteiger charge is -2.10. The topological polar surface area (TPSA) is 110 Å². The van der Waals surface area contributed by atoms with E-state index in [0.717, 1.165) is 0 Å². The average molecular weight is 386 g/mol.